The Morgan fingerprint density at radius 1 is 0.964 bits per heavy atom. The summed E-state index contributed by atoms with van der Waals surface area (Å²) in [6.45, 7) is 5.05. The Labute approximate surface area is 327 Å². The first-order valence-corrected chi connectivity index (χ1v) is 18.9. The molecule has 1 spiro atoms. The highest BCUT2D eigenvalue weighted by Gasteiger charge is 2.49. The van der Waals surface area contributed by atoms with Gasteiger partial charge in [-0.1, -0.05) is 53.5 Å². The van der Waals surface area contributed by atoms with Gasteiger partial charge in [0.2, 0.25) is 5.88 Å². The normalized spacial score (nSPS) is 19.4. The summed E-state index contributed by atoms with van der Waals surface area (Å²) in [5, 5.41) is 7.49. The molecule has 0 bridgehead atoms. The van der Waals surface area contributed by atoms with Crippen LogP contribution < -0.4 is 26.6 Å². The van der Waals surface area contributed by atoms with E-state index in [2.05, 4.69) is 31.6 Å². The maximum absolute atomic E-state index is 13.3. The fraction of sp³-hybridized carbons (Fsp3) is 0.385. The zero-order chi connectivity index (χ0) is 38.8. The molecular weight excluding hydrogens is 745 g/mol. The van der Waals surface area contributed by atoms with Crippen LogP contribution in [-0.4, -0.2) is 92.5 Å². The molecule has 16 heteroatoms. The van der Waals surface area contributed by atoms with Gasteiger partial charge in [-0.15, -0.1) is 0 Å². The van der Waals surface area contributed by atoms with Crippen molar-refractivity contribution >= 4 is 51.8 Å². The van der Waals surface area contributed by atoms with Gasteiger partial charge < -0.3 is 25.0 Å². The van der Waals surface area contributed by atoms with Gasteiger partial charge >= 0.3 is 11.7 Å². The SMILES string of the molecule is COCCN1C[C@]2(CCN([C@H]3CCc4cc(-c5cccc(-c6cccc(Nc7nc(C)nc8c7c(=O)n(C)c(=O)n8C)c6Cl)c5Cl)nc(OC)c43)C2)NC1=O. The van der Waals surface area contributed by atoms with Crippen LogP contribution in [0.5, 0.6) is 5.88 Å². The molecule has 3 aliphatic rings. The van der Waals surface area contributed by atoms with E-state index in [1.165, 1.54) is 11.6 Å². The Balaban J connectivity index is 1.10. The molecule has 2 saturated heterocycles. The summed E-state index contributed by atoms with van der Waals surface area (Å²) in [7, 11) is 6.27. The highest BCUT2D eigenvalue weighted by molar-refractivity contribution is 6.39. The second kappa shape index (κ2) is 14.2. The predicted molar refractivity (Wildman–Crippen MR) is 212 cm³/mol. The van der Waals surface area contributed by atoms with E-state index in [0.29, 0.717) is 64.0 Å². The number of methoxy groups -OCH3 is 2. The van der Waals surface area contributed by atoms with Crippen LogP contribution in [0.25, 0.3) is 33.4 Å². The second-order valence-corrected chi connectivity index (χ2v) is 15.2. The number of nitrogens with zero attached hydrogens (tertiary/aromatic N) is 7. The molecule has 8 rings (SSSR count). The van der Waals surface area contributed by atoms with Crippen molar-refractivity contribution in [2.24, 2.45) is 14.1 Å². The maximum Gasteiger partial charge on any atom is 0.332 e. The lowest BCUT2D eigenvalue weighted by molar-refractivity contribution is 0.158. The van der Waals surface area contributed by atoms with Crippen LogP contribution in [0.4, 0.5) is 16.3 Å². The summed E-state index contributed by atoms with van der Waals surface area (Å²) in [5.74, 6) is 1.17. The molecule has 286 valence electrons. The lowest BCUT2D eigenvalue weighted by atomic mass is 9.99. The number of pyridine rings is 1. The Morgan fingerprint density at radius 3 is 2.47 bits per heavy atom. The summed E-state index contributed by atoms with van der Waals surface area (Å²) in [4.78, 5) is 56.9. The summed E-state index contributed by atoms with van der Waals surface area (Å²) in [6, 6.07) is 13.4. The Bertz CT molecular complexity index is 2510. The lowest BCUT2D eigenvalue weighted by Gasteiger charge is -2.28. The molecule has 3 aromatic heterocycles. The molecular formula is C39H41Cl2N9O5. The number of hydrogen-bond acceptors (Lipinski definition) is 10. The number of ether oxygens (including phenoxy) is 2. The number of urea groups is 1. The summed E-state index contributed by atoms with van der Waals surface area (Å²) >= 11 is 14.3. The number of hydrogen-bond donors (Lipinski definition) is 2. The van der Waals surface area contributed by atoms with Crippen LogP contribution in [-0.2, 0) is 25.3 Å². The zero-order valence-electron chi connectivity index (χ0n) is 31.2. The molecule has 2 fully saturated rings. The van der Waals surface area contributed by atoms with E-state index in [0.717, 1.165) is 53.6 Å². The van der Waals surface area contributed by atoms with Crippen LogP contribution in [0, 0.1) is 6.92 Å². The van der Waals surface area contributed by atoms with Gasteiger partial charge in [-0.05, 0) is 43.9 Å². The second-order valence-electron chi connectivity index (χ2n) is 14.5. The maximum atomic E-state index is 13.3. The van der Waals surface area contributed by atoms with E-state index in [1.54, 1.807) is 34.3 Å². The minimum absolute atomic E-state index is 0.0336. The topological polar surface area (TPSA) is 149 Å². The largest absolute Gasteiger partial charge is 0.481 e. The van der Waals surface area contributed by atoms with Crippen molar-refractivity contribution in [3.05, 3.63) is 90.3 Å². The molecule has 2 N–H and O–H groups in total. The van der Waals surface area contributed by atoms with E-state index < -0.39 is 11.2 Å². The molecule has 0 radical (unpaired) electrons. The van der Waals surface area contributed by atoms with E-state index >= 15 is 0 Å². The number of carbonyl (C=O) groups is 1. The van der Waals surface area contributed by atoms with E-state index in [1.807, 2.05) is 35.2 Å². The van der Waals surface area contributed by atoms with Crippen LogP contribution in [0.15, 0.2) is 52.1 Å². The van der Waals surface area contributed by atoms with E-state index in [-0.39, 0.29) is 34.5 Å². The monoisotopic (exact) mass is 785 g/mol. The fourth-order valence-corrected chi connectivity index (χ4v) is 8.97. The van der Waals surface area contributed by atoms with Crippen molar-refractivity contribution in [1.82, 2.24) is 39.2 Å². The number of aromatic nitrogens is 5. The Kier molecular flexibility index (Phi) is 9.56. The molecule has 1 aliphatic carbocycles. The van der Waals surface area contributed by atoms with Crippen molar-refractivity contribution in [2.45, 2.75) is 37.8 Å². The van der Waals surface area contributed by atoms with Gasteiger partial charge in [0.25, 0.3) is 5.56 Å². The number of benzene rings is 2. The number of halogens is 2. The van der Waals surface area contributed by atoms with Gasteiger partial charge in [-0.2, -0.15) is 0 Å². The average Bonchev–Trinajstić information content (AvgIpc) is 3.88. The van der Waals surface area contributed by atoms with Crippen molar-refractivity contribution in [2.75, 3.05) is 52.3 Å². The van der Waals surface area contributed by atoms with Crippen molar-refractivity contribution in [1.29, 1.82) is 0 Å². The van der Waals surface area contributed by atoms with Crippen molar-refractivity contribution < 1.29 is 14.3 Å². The molecule has 0 saturated carbocycles. The first-order valence-electron chi connectivity index (χ1n) is 18.1. The number of anilines is 2. The first-order chi connectivity index (χ1) is 26.4. The van der Waals surface area contributed by atoms with Gasteiger partial charge in [-0.25, -0.2) is 24.5 Å². The fourth-order valence-electron chi connectivity index (χ4n) is 8.37. The summed E-state index contributed by atoms with van der Waals surface area (Å²) < 4.78 is 13.5. The van der Waals surface area contributed by atoms with Crippen molar-refractivity contribution in [3.63, 3.8) is 0 Å². The van der Waals surface area contributed by atoms with E-state index in [4.69, 9.17) is 37.7 Å². The number of likely N-dealkylation sites (tertiary alicyclic amines) is 1. The highest BCUT2D eigenvalue weighted by Crippen LogP contribution is 2.47. The summed E-state index contributed by atoms with van der Waals surface area (Å²) in [5.41, 5.74) is 4.41. The van der Waals surface area contributed by atoms with Crippen LogP contribution >= 0.6 is 23.2 Å². The minimum atomic E-state index is -0.524. The molecule has 14 nitrogen and oxygen atoms in total. The Hall–Kier alpha value is -5.02. The van der Waals surface area contributed by atoms with Gasteiger partial charge in [0.1, 0.15) is 17.0 Å². The molecule has 2 atom stereocenters. The standard InChI is InChI=1S/C39H41Cl2N9O5/c1-21-42-33(30-34(43-21)47(2)38(53)48(3)36(30)51)44-26-11-7-9-24(32(26)41)23-8-6-10-25(31(23)40)27-18-22-12-13-28(29(22)35(45-27)55-5)49-15-14-39(19-49)20-50(16-17-54-4)37(52)46-39/h6-11,18,28H,12-17,19-20H2,1-5H3,(H,46,52)(H,42,43,44)/t28-,39+/m0/s1. The number of fused-ring (bicyclic) bond motifs is 2. The van der Waals surface area contributed by atoms with Crippen molar-refractivity contribution in [3.8, 4) is 28.3 Å². The quantitative estimate of drug-likeness (QED) is 0.204. The molecule has 2 amide bonds. The van der Waals surface area contributed by atoms with Crippen LogP contribution in [0.2, 0.25) is 10.0 Å². The molecule has 2 aliphatic heterocycles. The highest BCUT2D eigenvalue weighted by atomic mass is 35.5. The third-order valence-electron chi connectivity index (χ3n) is 11.1. The van der Waals surface area contributed by atoms with Gasteiger partial charge in [-0.3, -0.25) is 18.8 Å². The van der Waals surface area contributed by atoms with E-state index in [9.17, 15) is 14.4 Å². The number of nitrogens with one attached hydrogen (secondary N) is 2. The third kappa shape index (κ3) is 6.30. The molecule has 5 aromatic rings. The number of carbonyl (C=O) groups excluding carboxylic acids is 1. The lowest BCUT2D eigenvalue weighted by Crippen LogP contribution is -2.46. The van der Waals surface area contributed by atoms with Gasteiger partial charge in [0, 0.05) is 75.7 Å². The number of aryl methyl sites for hydroxylation is 3. The third-order valence-corrected chi connectivity index (χ3v) is 11.9. The van der Waals surface area contributed by atoms with Gasteiger partial charge in [0.05, 0.1) is 40.7 Å². The first kappa shape index (κ1) is 36.9. The Morgan fingerprint density at radius 2 is 1.71 bits per heavy atom. The number of amides is 2. The minimum Gasteiger partial charge on any atom is -0.481 e. The zero-order valence-corrected chi connectivity index (χ0v) is 32.7. The molecule has 55 heavy (non-hydrogen) atoms. The predicted octanol–water partition coefficient (Wildman–Crippen LogP) is 5.23. The average molecular weight is 787 g/mol. The molecule has 0 unspecified atom stereocenters. The number of rotatable bonds is 9. The van der Waals surface area contributed by atoms with Crippen LogP contribution in [0.1, 0.15) is 35.8 Å². The molecule has 2 aromatic carbocycles. The van der Waals surface area contributed by atoms with Gasteiger partial charge in [0.15, 0.2) is 5.65 Å². The molecule has 5 heterocycles. The summed E-state index contributed by atoms with van der Waals surface area (Å²) in [6.07, 6.45) is 2.65. The van der Waals surface area contributed by atoms with Crippen LogP contribution in [0.3, 0.4) is 0 Å². The smallest absolute Gasteiger partial charge is 0.332 e.